The van der Waals surface area contributed by atoms with Gasteiger partial charge in [0.25, 0.3) is 0 Å². The Labute approximate surface area is 269 Å². The lowest BCUT2D eigenvalue weighted by atomic mass is 9.76. The molecule has 2 amide bonds. The lowest BCUT2D eigenvalue weighted by molar-refractivity contribution is -0.121. The van der Waals surface area contributed by atoms with Gasteiger partial charge in [-0.05, 0) is 86.8 Å². The van der Waals surface area contributed by atoms with E-state index in [2.05, 4.69) is 36.7 Å². The maximum Gasteiger partial charge on any atom is 0.324 e. The fourth-order valence-electron chi connectivity index (χ4n) is 5.91. The third-order valence-corrected chi connectivity index (χ3v) is 8.51. The molecule has 3 N–H and O–H groups in total. The maximum absolute atomic E-state index is 13.9. The molecule has 4 aromatic rings. The molecule has 3 aromatic carbocycles. The van der Waals surface area contributed by atoms with E-state index in [1.54, 1.807) is 10.7 Å². The molecule has 0 saturated carbocycles. The molecule has 0 spiro atoms. The van der Waals surface area contributed by atoms with Gasteiger partial charge in [0, 0.05) is 41.5 Å². The van der Waals surface area contributed by atoms with Crippen LogP contribution in [0.4, 0.5) is 20.7 Å². The molecule has 1 aliphatic rings. The van der Waals surface area contributed by atoms with Crippen molar-refractivity contribution in [3.8, 4) is 5.69 Å². The van der Waals surface area contributed by atoms with Gasteiger partial charge in [0.1, 0.15) is 17.4 Å². The molecule has 5 rings (SSSR count). The second kappa shape index (κ2) is 14.2. The molecule has 1 atom stereocenters. The number of halogens is 1. The van der Waals surface area contributed by atoms with Crippen LogP contribution in [0.3, 0.4) is 0 Å². The van der Waals surface area contributed by atoms with Crippen LogP contribution in [0.15, 0.2) is 78.9 Å². The van der Waals surface area contributed by atoms with E-state index in [1.165, 1.54) is 24.3 Å². The molecule has 0 radical (unpaired) electrons. The van der Waals surface area contributed by atoms with Gasteiger partial charge >= 0.3 is 6.03 Å². The third kappa shape index (κ3) is 7.95. The summed E-state index contributed by atoms with van der Waals surface area (Å²) < 4.78 is 15.1. The standard InChI is InChI=1S/C37H42FN5O3/c1-24-9-15-28(16-10-24)43-34(23-33(42-43)37(2,3)4)41-36(46)40-30-8-6-5-7-29(30)35(26-19-21-39-22-20-26)32(45)18-17-31(44)25-11-13-27(38)14-12-25/h5-16,23,26,35,39H,17-22H2,1-4H3,(H2,40,41,46). The van der Waals surface area contributed by atoms with Gasteiger partial charge in [0.15, 0.2) is 5.78 Å². The van der Waals surface area contributed by atoms with E-state index in [-0.39, 0.29) is 35.7 Å². The summed E-state index contributed by atoms with van der Waals surface area (Å²) in [5, 5.41) is 14.2. The number of carbonyl (C=O) groups excluding carboxylic acids is 3. The van der Waals surface area contributed by atoms with Gasteiger partial charge in [-0.2, -0.15) is 5.10 Å². The number of amides is 2. The van der Waals surface area contributed by atoms with Crippen molar-refractivity contribution < 1.29 is 18.8 Å². The van der Waals surface area contributed by atoms with Crippen molar-refractivity contribution in [1.82, 2.24) is 15.1 Å². The van der Waals surface area contributed by atoms with E-state index < -0.39 is 17.8 Å². The van der Waals surface area contributed by atoms with Gasteiger partial charge < -0.3 is 10.6 Å². The lowest BCUT2D eigenvalue weighted by Gasteiger charge is -2.31. The summed E-state index contributed by atoms with van der Waals surface area (Å²) in [6.07, 6.45) is 1.68. The molecule has 0 aliphatic carbocycles. The van der Waals surface area contributed by atoms with Crippen LogP contribution in [0.1, 0.15) is 79.6 Å². The van der Waals surface area contributed by atoms with Crippen LogP contribution in [0.5, 0.6) is 0 Å². The van der Waals surface area contributed by atoms with Crippen molar-refractivity contribution in [3.05, 3.63) is 107 Å². The Hall–Kier alpha value is -4.63. The number of hydrogen-bond acceptors (Lipinski definition) is 5. The molecule has 8 nitrogen and oxygen atoms in total. The molecule has 2 heterocycles. The van der Waals surface area contributed by atoms with E-state index in [9.17, 15) is 18.8 Å². The Bertz CT molecular complexity index is 1680. The highest BCUT2D eigenvalue weighted by molar-refractivity contribution is 6.02. The van der Waals surface area contributed by atoms with Crippen LogP contribution in [-0.2, 0) is 10.2 Å². The zero-order valence-corrected chi connectivity index (χ0v) is 26.9. The van der Waals surface area contributed by atoms with Crippen LogP contribution in [0.25, 0.3) is 5.69 Å². The normalized spacial score (nSPS) is 14.5. The summed E-state index contributed by atoms with van der Waals surface area (Å²) >= 11 is 0. The molecule has 9 heteroatoms. The monoisotopic (exact) mass is 623 g/mol. The molecule has 1 aliphatic heterocycles. The van der Waals surface area contributed by atoms with Crippen LogP contribution in [-0.4, -0.2) is 40.5 Å². The second-order valence-corrected chi connectivity index (χ2v) is 13.0. The zero-order valence-electron chi connectivity index (χ0n) is 26.9. The molecule has 0 bridgehead atoms. The van der Waals surface area contributed by atoms with Gasteiger partial charge in [0.05, 0.1) is 11.4 Å². The summed E-state index contributed by atoms with van der Waals surface area (Å²) in [6, 6.07) is 22.1. The Morgan fingerprint density at radius 3 is 2.28 bits per heavy atom. The van der Waals surface area contributed by atoms with E-state index in [0.717, 1.165) is 48.4 Å². The van der Waals surface area contributed by atoms with Crippen molar-refractivity contribution in [2.24, 2.45) is 5.92 Å². The Kier molecular flexibility index (Phi) is 10.1. The van der Waals surface area contributed by atoms with Gasteiger partial charge in [-0.25, -0.2) is 13.9 Å². The van der Waals surface area contributed by atoms with Crippen molar-refractivity contribution in [3.63, 3.8) is 0 Å². The Morgan fingerprint density at radius 1 is 0.935 bits per heavy atom. The van der Waals surface area contributed by atoms with Crippen LogP contribution in [0.2, 0.25) is 0 Å². The average Bonchev–Trinajstić information content (AvgIpc) is 3.46. The number of benzene rings is 3. The number of rotatable bonds is 10. The van der Waals surface area contributed by atoms with Crippen molar-refractivity contribution in [1.29, 1.82) is 0 Å². The quantitative estimate of drug-likeness (QED) is 0.158. The molecule has 1 saturated heterocycles. The van der Waals surface area contributed by atoms with Gasteiger partial charge in [-0.3, -0.25) is 14.9 Å². The molecule has 1 aromatic heterocycles. The number of para-hydroxylation sites is 1. The number of Topliss-reactive ketones (excluding diaryl/α,β-unsaturated/α-hetero) is 2. The van der Waals surface area contributed by atoms with Gasteiger partial charge in [-0.1, -0.05) is 56.7 Å². The summed E-state index contributed by atoms with van der Waals surface area (Å²) in [7, 11) is 0. The second-order valence-electron chi connectivity index (χ2n) is 13.0. The summed E-state index contributed by atoms with van der Waals surface area (Å²) in [5.74, 6) is -0.592. The molecule has 1 unspecified atom stereocenters. The van der Waals surface area contributed by atoms with Gasteiger partial charge in [-0.15, -0.1) is 0 Å². The first-order valence-corrected chi connectivity index (χ1v) is 15.9. The average molecular weight is 624 g/mol. The molecular formula is C37H42FN5O3. The molecule has 240 valence electrons. The minimum Gasteiger partial charge on any atom is -0.317 e. The number of nitrogens with zero attached hydrogens (tertiary/aromatic N) is 2. The highest BCUT2D eigenvalue weighted by Gasteiger charge is 2.33. The SMILES string of the molecule is Cc1ccc(-n2nc(C(C)(C)C)cc2NC(=O)Nc2ccccc2C(C(=O)CCC(=O)c2ccc(F)cc2)C2CCNCC2)cc1. The van der Waals surface area contributed by atoms with E-state index >= 15 is 0 Å². The van der Waals surface area contributed by atoms with Crippen molar-refractivity contribution in [2.45, 2.75) is 64.7 Å². The number of carbonyl (C=O) groups is 3. The largest absolute Gasteiger partial charge is 0.324 e. The zero-order chi connectivity index (χ0) is 32.8. The summed E-state index contributed by atoms with van der Waals surface area (Å²) in [4.78, 5) is 40.3. The molecular weight excluding hydrogens is 581 g/mol. The lowest BCUT2D eigenvalue weighted by Crippen LogP contribution is -2.34. The smallest absolute Gasteiger partial charge is 0.317 e. The number of aryl methyl sites for hydroxylation is 1. The summed E-state index contributed by atoms with van der Waals surface area (Å²) in [5.41, 5.74) is 4.18. The number of nitrogens with one attached hydrogen (secondary N) is 3. The maximum atomic E-state index is 13.9. The van der Waals surface area contributed by atoms with Crippen LogP contribution >= 0.6 is 0 Å². The number of urea groups is 1. The van der Waals surface area contributed by atoms with Crippen LogP contribution < -0.4 is 16.0 Å². The van der Waals surface area contributed by atoms with Crippen LogP contribution in [0, 0.1) is 18.7 Å². The highest BCUT2D eigenvalue weighted by Crippen LogP contribution is 2.37. The van der Waals surface area contributed by atoms with E-state index in [1.807, 2.05) is 55.5 Å². The van der Waals surface area contributed by atoms with E-state index in [4.69, 9.17) is 5.10 Å². The minimum atomic E-state index is -0.495. The topological polar surface area (TPSA) is 105 Å². The first kappa shape index (κ1) is 32.8. The predicted molar refractivity (Wildman–Crippen MR) is 179 cm³/mol. The molecule has 1 fully saturated rings. The van der Waals surface area contributed by atoms with Gasteiger partial charge in [0.2, 0.25) is 0 Å². The van der Waals surface area contributed by atoms with Crippen molar-refractivity contribution >= 4 is 29.1 Å². The first-order chi connectivity index (χ1) is 22.0. The third-order valence-electron chi connectivity index (χ3n) is 8.51. The number of hydrogen-bond donors (Lipinski definition) is 3. The highest BCUT2D eigenvalue weighted by atomic mass is 19.1. The summed E-state index contributed by atoms with van der Waals surface area (Å²) in [6.45, 7) is 9.80. The number of ketones is 2. The minimum absolute atomic E-state index is 0.0289. The Balaban J connectivity index is 1.38. The number of anilines is 2. The Morgan fingerprint density at radius 2 is 1.61 bits per heavy atom. The van der Waals surface area contributed by atoms with E-state index in [0.29, 0.717) is 17.1 Å². The fraction of sp³-hybridized carbons (Fsp3) is 0.351. The predicted octanol–water partition coefficient (Wildman–Crippen LogP) is 7.58. The fourth-order valence-corrected chi connectivity index (χ4v) is 5.91. The molecule has 46 heavy (non-hydrogen) atoms. The first-order valence-electron chi connectivity index (χ1n) is 15.9. The van der Waals surface area contributed by atoms with Crippen molar-refractivity contribution in [2.75, 3.05) is 23.7 Å². The number of aromatic nitrogens is 2. The number of piperidine rings is 1.